The summed E-state index contributed by atoms with van der Waals surface area (Å²) < 4.78 is 0. The Morgan fingerprint density at radius 3 is 2.06 bits per heavy atom. The molecule has 1 amide bonds. The molecule has 0 bridgehead atoms. The molecule has 0 aliphatic rings. The Labute approximate surface area is 107 Å². The Balaban J connectivity index is 3.90. The van der Waals surface area contributed by atoms with Gasteiger partial charge in [-0.05, 0) is 46.0 Å². The molecule has 0 aromatic heterocycles. The van der Waals surface area contributed by atoms with Gasteiger partial charge in [0.1, 0.15) is 0 Å². The van der Waals surface area contributed by atoms with E-state index in [1.807, 2.05) is 13.8 Å². The van der Waals surface area contributed by atoms with E-state index >= 15 is 0 Å². The molecular formula is C14H30N2O. The third-order valence-corrected chi connectivity index (χ3v) is 3.11. The summed E-state index contributed by atoms with van der Waals surface area (Å²) in [5.74, 6) is 0.833. The first-order valence-corrected chi connectivity index (χ1v) is 6.93. The fraction of sp³-hybridized carbons (Fsp3) is 0.929. The predicted molar refractivity (Wildman–Crippen MR) is 74.0 cm³/mol. The van der Waals surface area contributed by atoms with Crippen LogP contribution < -0.4 is 10.6 Å². The highest BCUT2D eigenvalue weighted by atomic mass is 16.2. The smallest absolute Gasteiger partial charge is 0.237 e. The van der Waals surface area contributed by atoms with Crippen LogP contribution in [0.5, 0.6) is 0 Å². The fourth-order valence-corrected chi connectivity index (χ4v) is 1.64. The van der Waals surface area contributed by atoms with Crippen molar-refractivity contribution in [2.24, 2.45) is 5.92 Å². The van der Waals surface area contributed by atoms with Crippen molar-refractivity contribution in [2.75, 3.05) is 0 Å². The zero-order valence-electron chi connectivity index (χ0n) is 12.3. The fourth-order valence-electron chi connectivity index (χ4n) is 1.64. The average molecular weight is 242 g/mol. The van der Waals surface area contributed by atoms with Crippen molar-refractivity contribution in [3.8, 4) is 0 Å². The van der Waals surface area contributed by atoms with Crippen LogP contribution in [-0.2, 0) is 4.79 Å². The average Bonchev–Trinajstić information content (AvgIpc) is 2.25. The molecule has 0 aromatic carbocycles. The highest BCUT2D eigenvalue weighted by Gasteiger charge is 2.16. The van der Waals surface area contributed by atoms with Crippen LogP contribution in [-0.4, -0.2) is 24.0 Å². The summed E-state index contributed by atoms with van der Waals surface area (Å²) in [5.41, 5.74) is 0. The molecule has 0 heterocycles. The molecule has 0 aliphatic carbocycles. The van der Waals surface area contributed by atoms with Gasteiger partial charge in [-0.15, -0.1) is 0 Å². The van der Waals surface area contributed by atoms with Gasteiger partial charge in [-0.1, -0.05) is 20.8 Å². The molecule has 0 radical (unpaired) electrons. The van der Waals surface area contributed by atoms with Crippen molar-refractivity contribution in [1.82, 2.24) is 10.6 Å². The van der Waals surface area contributed by atoms with E-state index < -0.39 is 0 Å². The molecule has 17 heavy (non-hydrogen) atoms. The van der Waals surface area contributed by atoms with Gasteiger partial charge in [0.05, 0.1) is 6.04 Å². The molecule has 0 aromatic rings. The summed E-state index contributed by atoms with van der Waals surface area (Å²) in [5, 5.41) is 6.35. The Bertz CT molecular complexity index is 216. The summed E-state index contributed by atoms with van der Waals surface area (Å²) in [6, 6.07) is 0.555. The number of nitrogens with one attached hydrogen (secondary N) is 2. The first kappa shape index (κ1) is 16.4. The minimum Gasteiger partial charge on any atom is -0.352 e. The lowest BCUT2D eigenvalue weighted by atomic mass is 10.0. The van der Waals surface area contributed by atoms with E-state index in [0.29, 0.717) is 6.04 Å². The molecule has 3 heteroatoms. The second kappa shape index (κ2) is 8.51. The highest BCUT2D eigenvalue weighted by molar-refractivity contribution is 5.81. The monoisotopic (exact) mass is 242 g/mol. The van der Waals surface area contributed by atoms with Crippen LogP contribution in [0.25, 0.3) is 0 Å². The van der Waals surface area contributed by atoms with E-state index in [0.717, 1.165) is 18.8 Å². The second-order valence-electron chi connectivity index (χ2n) is 5.58. The largest absolute Gasteiger partial charge is 0.352 e. The molecule has 3 unspecified atom stereocenters. The van der Waals surface area contributed by atoms with Gasteiger partial charge in [-0.3, -0.25) is 4.79 Å². The molecule has 3 atom stereocenters. The topological polar surface area (TPSA) is 41.1 Å². The number of carbonyl (C=O) groups is 1. The Morgan fingerprint density at radius 1 is 1.00 bits per heavy atom. The predicted octanol–water partition coefficient (Wildman–Crippen LogP) is 2.70. The minimum atomic E-state index is -0.105. The second-order valence-corrected chi connectivity index (χ2v) is 5.58. The highest BCUT2D eigenvalue weighted by Crippen LogP contribution is 2.07. The number of rotatable bonds is 8. The van der Waals surface area contributed by atoms with Gasteiger partial charge in [-0.25, -0.2) is 0 Å². The Kier molecular flexibility index (Phi) is 8.23. The normalized spacial score (nSPS) is 16.6. The quantitative estimate of drug-likeness (QED) is 0.687. The van der Waals surface area contributed by atoms with E-state index in [-0.39, 0.29) is 18.0 Å². The molecule has 0 fully saturated rings. The summed E-state index contributed by atoms with van der Waals surface area (Å²) in [6.45, 7) is 12.7. The molecule has 0 rings (SSSR count). The maximum absolute atomic E-state index is 11.8. The SMILES string of the molecule is CCC(C)NC(=O)C(C)NC(C)CCC(C)C. The van der Waals surface area contributed by atoms with Gasteiger partial charge in [0.15, 0.2) is 0 Å². The van der Waals surface area contributed by atoms with Gasteiger partial charge in [-0.2, -0.15) is 0 Å². The third-order valence-electron chi connectivity index (χ3n) is 3.11. The van der Waals surface area contributed by atoms with Crippen molar-refractivity contribution in [3.63, 3.8) is 0 Å². The standard InChI is InChI=1S/C14H30N2O/c1-7-11(4)16-14(17)13(6)15-12(5)9-8-10(2)3/h10-13,15H,7-9H2,1-6H3,(H,16,17). The van der Waals surface area contributed by atoms with Crippen LogP contribution in [0.2, 0.25) is 0 Å². The van der Waals surface area contributed by atoms with Gasteiger partial charge in [0.2, 0.25) is 5.91 Å². The lowest BCUT2D eigenvalue weighted by Crippen LogP contribution is -2.48. The van der Waals surface area contributed by atoms with Crippen LogP contribution in [0.1, 0.15) is 60.8 Å². The zero-order chi connectivity index (χ0) is 13.4. The molecule has 0 spiro atoms. The number of carbonyl (C=O) groups excluding carboxylic acids is 1. The minimum absolute atomic E-state index is 0.105. The van der Waals surface area contributed by atoms with E-state index in [2.05, 4.69) is 38.3 Å². The van der Waals surface area contributed by atoms with Crippen molar-refractivity contribution < 1.29 is 4.79 Å². The summed E-state index contributed by atoms with van der Waals surface area (Å²) in [7, 11) is 0. The molecule has 2 N–H and O–H groups in total. The van der Waals surface area contributed by atoms with E-state index in [1.165, 1.54) is 6.42 Å². The lowest BCUT2D eigenvalue weighted by Gasteiger charge is -2.22. The van der Waals surface area contributed by atoms with Crippen LogP contribution in [0.15, 0.2) is 0 Å². The lowest BCUT2D eigenvalue weighted by molar-refractivity contribution is -0.123. The molecule has 3 nitrogen and oxygen atoms in total. The van der Waals surface area contributed by atoms with Gasteiger partial charge < -0.3 is 10.6 Å². The summed E-state index contributed by atoms with van der Waals surface area (Å²) in [6.07, 6.45) is 3.30. The van der Waals surface area contributed by atoms with Crippen molar-refractivity contribution in [3.05, 3.63) is 0 Å². The zero-order valence-corrected chi connectivity index (χ0v) is 12.3. The molecule has 0 aliphatic heterocycles. The van der Waals surface area contributed by atoms with Gasteiger partial charge in [0.25, 0.3) is 0 Å². The Hall–Kier alpha value is -0.570. The third kappa shape index (κ3) is 8.19. The first-order valence-electron chi connectivity index (χ1n) is 6.93. The van der Waals surface area contributed by atoms with E-state index in [9.17, 15) is 4.79 Å². The maximum Gasteiger partial charge on any atom is 0.237 e. The molecular weight excluding hydrogens is 212 g/mol. The summed E-state index contributed by atoms with van der Waals surface area (Å²) in [4.78, 5) is 11.8. The number of hydrogen-bond donors (Lipinski definition) is 2. The van der Waals surface area contributed by atoms with Crippen LogP contribution >= 0.6 is 0 Å². The summed E-state index contributed by atoms with van der Waals surface area (Å²) >= 11 is 0. The number of amides is 1. The van der Waals surface area contributed by atoms with Crippen LogP contribution in [0.3, 0.4) is 0 Å². The van der Waals surface area contributed by atoms with E-state index in [4.69, 9.17) is 0 Å². The van der Waals surface area contributed by atoms with Gasteiger partial charge >= 0.3 is 0 Å². The van der Waals surface area contributed by atoms with Crippen molar-refractivity contribution >= 4 is 5.91 Å². The van der Waals surface area contributed by atoms with Gasteiger partial charge in [0, 0.05) is 12.1 Å². The molecule has 0 saturated heterocycles. The molecule has 102 valence electrons. The van der Waals surface area contributed by atoms with E-state index in [1.54, 1.807) is 0 Å². The number of hydrogen-bond acceptors (Lipinski definition) is 2. The maximum atomic E-state index is 11.8. The van der Waals surface area contributed by atoms with Crippen LogP contribution in [0.4, 0.5) is 0 Å². The van der Waals surface area contributed by atoms with Crippen molar-refractivity contribution in [2.45, 2.75) is 78.9 Å². The van der Waals surface area contributed by atoms with Crippen molar-refractivity contribution in [1.29, 1.82) is 0 Å². The first-order chi connectivity index (χ1) is 7.86. The molecule has 0 saturated carbocycles. The van der Waals surface area contributed by atoms with Crippen LogP contribution in [0, 0.1) is 5.92 Å². The Morgan fingerprint density at radius 2 is 1.59 bits per heavy atom.